The average molecular weight is 312 g/mol. The number of alkyl halides is 2. The number of hydrogen-bond donors (Lipinski definition) is 1. The molecule has 0 saturated heterocycles. The van der Waals surface area contributed by atoms with Crippen molar-refractivity contribution in [2.75, 3.05) is 24.3 Å². The van der Waals surface area contributed by atoms with Crippen LogP contribution in [-0.2, 0) is 12.3 Å². The Kier molecular flexibility index (Phi) is 5.50. The van der Waals surface area contributed by atoms with E-state index in [9.17, 15) is 8.78 Å². The molecule has 0 fully saturated rings. The fraction of sp³-hybridized carbons (Fsp3) is 0.333. The van der Waals surface area contributed by atoms with Crippen molar-refractivity contribution in [2.45, 2.75) is 18.1 Å². The molecule has 0 aliphatic rings. The largest absolute Gasteiger partial charge is 0.463 e. The van der Waals surface area contributed by atoms with Gasteiger partial charge in [-0.3, -0.25) is 0 Å². The van der Waals surface area contributed by atoms with Gasteiger partial charge in [-0.15, -0.1) is 0 Å². The molecule has 2 rings (SSSR count). The molecule has 0 aliphatic carbocycles. The second-order valence-electron chi connectivity index (χ2n) is 4.73. The van der Waals surface area contributed by atoms with Crippen molar-refractivity contribution in [3.8, 4) is 0 Å². The molecule has 21 heavy (non-hydrogen) atoms. The topological polar surface area (TPSA) is 28.4 Å². The van der Waals surface area contributed by atoms with Crippen LogP contribution >= 0.6 is 11.8 Å². The number of hydrogen-bond acceptors (Lipinski definition) is 4. The maximum atomic E-state index is 12.1. The van der Waals surface area contributed by atoms with Crippen molar-refractivity contribution in [3.05, 3.63) is 47.9 Å². The molecule has 0 radical (unpaired) electrons. The summed E-state index contributed by atoms with van der Waals surface area (Å²) in [7, 11) is 3.98. The van der Waals surface area contributed by atoms with Gasteiger partial charge in [0.15, 0.2) is 0 Å². The summed E-state index contributed by atoms with van der Waals surface area (Å²) in [5.74, 6) is -0.877. The molecule has 0 bridgehead atoms. The monoisotopic (exact) mass is 312 g/mol. The van der Waals surface area contributed by atoms with Gasteiger partial charge < -0.3 is 14.6 Å². The minimum atomic E-state index is -2.37. The van der Waals surface area contributed by atoms with Gasteiger partial charge in [0.05, 0.1) is 12.3 Å². The number of nitrogens with zero attached hydrogens (tertiary/aromatic N) is 1. The van der Waals surface area contributed by atoms with Crippen molar-refractivity contribution in [3.63, 3.8) is 0 Å². The maximum absolute atomic E-state index is 12.1. The van der Waals surface area contributed by atoms with Crippen LogP contribution in [0, 0.1) is 0 Å². The van der Waals surface area contributed by atoms with Crippen molar-refractivity contribution < 1.29 is 13.2 Å². The van der Waals surface area contributed by atoms with E-state index in [2.05, 4.69) is 5.32 Å². The molecule has 0 aliphatic heterocycles. The molecule has 2 aromatic rings. The second kappa shape index (κ2) is 7.36. The lowest BCUT2D eigenvalue weighted by molar-refractivity contribution is 0.251. The molecule has 0 spiro atoms. The summed E-state index contributed by atoms with van der Waals surface area (Å²) in [6, 6.07) is 11.6. The van der Waals surface area contributed by atoms with Gasteiger partial charge in [0.1, 0.15) is 11.5 Å². The van der Waals surface area contributed by atoms with Crippen LogP contribution in [0.25, 0.3) is 0 Å². The van der Waals surface area contributed by atoms with Gasteiger partial charge in [0.2, 0.25) is 0 Å². The quantitative estimate of drug-likeness (QED) is 0.819. The summed E-state index contributed by atoms with van der Waals surface area (Å²) in [5.41, 5.74) is 2.12. The summed E-state index contributed by atoms with van der Waals surface area (Å²) in [4.78, 5) is 2.03. The first-order valence-electron chi connectivity index (χ1n) is 6.53. The van der Waals surface area contributed by atoms with E-state index in [1.54, 1.807) is 6.07 Å². The smallest absolute Gasteiger partial charge is 0.284 e. The standard InChI is InChI=1S/C15H18F2N2OS/c1-19(2)12-5-3-11(4-6-12)18-9-13-7-8-14(20-13)10-21-15(16)17/h3-8,15,18H,9-10H2,1-2H3. The Balaban J connectivity index is 1.85. The summed E-state index contributed by atoms with van der Waals surface area (Å²) < 4.78 is 29.7. The Morgan fingerprint density at radius 1 is 1.10 bits per heavy atom. The highest BCUT2D eigenvalue weighted by atomic mass is 32.2. The van der Waals surface area contributed by atoms with Crippen molar-refractivity contribution in [1.82, 2.24) is 0 Å². The second-order valence-corrected chi connectivity index (χ2v) is 5.71. The van der Waals surface area contributed by atoms with Gasteiger partial charge in [0, 0.05) is 25.5 Å². The van der Waals surface area contributed by atoms with Crippen LogP contribution in [0.2, 0.25) is 0 Å². The Hall–Kier alpha value is -1.69. The Bertz CT molecular complexity index is 555. The zero-order valence-corrected chi connectivity index (χ0v) is 12.8. The predicted molar refractivity (Wildman–Crippen MR) is 84.1 cm³/mol. The number of halogens is 2. The fourth-order valence-electron chi connectivity index (χ4n) is 1.81. The van der Waals surface area contributed by atoms with Crippen molar-refractivity contribution >= 4 is 23.1 Å². The zero-order chi connectivity index (χ0) is 15.2. The van der Waals surface area contributed by atoms with Gasteiger partial charge in [0.25, 0.3) is 5.76 Å². The van der Waals surface area contributed by atoms with Crippen molar-refractivity contribution in [2.24, 2.45) is 0 Å². The maximum Gasteiger partial charge on any atom is 0.284 e. The third-order valence-electron chi connectivity index (χ3n) is 2.92. The van der Waals surface area contributed by atoms with E-state index in [0.29, 0.717) is 24.1 Å². The molecule has 0 saturated carbocycles. The molecule has 0 unspecified atom stereocenters. The van der Waals surface area contributed by atoms with Crippen LogP contribution < -0.4 is 10.2 Å². The first-order valence-corrected chi connectivity index (χ1v) is 7.58. The van der Waals surface area contributed by atoms with E-state index >= 15 is 0 Å². The predicted octanol–water partition coefficient (Wildman–Crippen LogP) is 4.41. The number of anilines is 2. The van der Waals surface area contributed by atoms with E-state index < -0.39 is 5.76 Å². The summed E-state index contributed by atoms with van der Waals surface area (Å²) in [5, 5.41) is 3.24. The lowest BCUT2D eigenvalue weighted by atomic mass is 10.2. The highest BCUT2D eigenvalue weighted by molar-refractivity contribution is 7.98. The minimum Gasteiger partial charge on any atom is -0.463 e. The summed E-state index contributed by atoms with van der Waals surface area (Å²) >= 11 is 0.564. The van der Waals surface area contributed by atoms with E-state index in [1.807, 2.05) is 49.3 Å². The highest BCUT2D eigenvalue weighted by Gasteiger charge is 2.07. The molecule has 6 heteroatoms. The van der Waals surface area contributed by atoms with Gasteiger partial charge in [-0.05, 0) is 36.4 Å². The summed E-state index contributed by atoms with van der Waals surface area (Å²) in [6.07, 6.45) is 0. The van der Waals surface area contributed by atoms with E-state index in [-0.39, 0.29) is 5.75 Å². The van der Waals surface area contributed by atoms with Gasteiger partial charge in [-0.25, -0.2) is 0 Å². The van der Waals surface area contributed by atoms with Crippen LogP contribution in [0.5, 0.6) is 0 Å². The molecule has 3 nitrogen and oxygen atoms in total. The SMILES string of the molecule is CN(C)c1ccc(NCc2ccc(CSC(F)F)o2)cc1. The average Bonchev–Trinajstić information content (AvgIpc) is 2.91. The molecule has 1 aromatic heterocycles. The van der Waals surface area contributed by atoms with Gasteiger partial charge in [-0.1, -0.05) is 11.8 Å². The first kappa shape index (κ1) is 15.7. The molecule has 0 atom stereocenters. The molecule has 1 N–H and O–H groups in total. The molecular weight excluding hydrogens is 294 g/mol. The van der Waals surface area contributed by atoms with Gasteiger partial charge in [-0.2, -0.15) is 8.78 Å². The van der Waals surface area contributed by atoms with Crippen LogP contribution in [0.3, 0.4) is 0 Å². The number of benzene rings is 1. The lowest BCUT2D eigenvalue weighted by Gasteiger charge is -2.13. The summed E-state index contributed by atoms with van der Waals surface area (Å²) in [6.45, 7) is 0.528. The number of nitrogens with one attached hydrogen (secondary N) is 1. The first-order chi connectivity index (χ1) is 10.0. The van der Waals surface area contributed by atoms with Gasteiger partial charge >= 0.3 is 0 Å². The molecule has 0 amide bonds. The van der Waals surface area contributed by atoms with E-state index in [4.69, 9.17) is 4.42 Å². The lowest BCUT2D eigenvalue weighted by Crippen LogP contribution is -2.08. The zero-order valence-electron chi connectivity index (χ0n) is 12.0. The molecule has 1 heterocycles. The third-order valence-corrected chi connectivity index (χ3v) is 3.62. The van der Waals surface area contributed by atoms with E-state index in [0.717, 1.165) is 17.1 Å². The van der Waals surface area contributed by atoms with Crippen LogP contribution in [0.4, 0.5) is 20.2 Å². The van der Waals surface area contributed by atoms with Crippen LogP contribution in [0.15, 0.2) is 40.8 Å². The fourth-order valence-corrected chi connectivity index (χ4v) is 2.25. The molecule has 114 valence electrons. The normalized spacial score (nSPS) is 10.9. The number of rotatable bonds is 7. The Morgan fingerprint density at radius 3 is 2.38 bits per heavy atom. The molecular formula is C15H18F2N2OS. The van der Waals surface area contributed by atoms with Crippen LogP contribution in [0.1, 0.15) is 11.5 Å². The number of thioether (sulfide) groups is 1. The minimum absolute atomic E-state index is 0.190. The highest BCUT2D eigenvalue weighted by Crippen LogP contribution is 2.22. The third kappa shape index (κ3) is 4.97. The Labute approximate surface area is 127 Å². The molecule has 1 aromatic carbocycles. The van der Waals surface area contributed by atoms with Crippen molar-refractivity contribution in [1.29, 1.82) is 0 Å². The number of furan rings is 1. The van der Waals surface area contributed by atoms with E-state index in [1.165, 1.54) is 0 Å². The van der Waals surface area contributed by atoms with Crippen LogP contribution in [-0.4, -0.2) is 19.9 Å². The Morgan fingerprint density at radius 2 is 1.76 bits per heavy atom.